The summed E-state index contributed by atoms with van der Waals surface area (Å²) >= 11 is 0. The molecule has 2 heterocycles. The van der Waals surface area contributed by atoms with Gasteiger partial charge < -0.3 is 5.32 Å². The number of benzene rings is 1. The Morgan fingerprint density at radius 1 is 1.21 bits per heavy atom. The molecule has 1 aromatic carbocycles. The predicted octanol–water partition coefficient (Wildman–Crippen LogP) is 1.39. The number of amides is 1. The van der Waals surface area contributed by atoms with E-state index in [0.717, 1.165) is 26.2 Å². The Bertz CT molecular complexity index is 454. The topological polar surface area (TPSA) is 44.4 Å². The van der Waals surface area contributed by atoms with E-state index in [1.54, 1.807) is 0 Å². The third kappa shape index (κ3) is 2.80. The molecule has 1 amide bonds. The van der Waals surface area contributed by atoms with Crippen molar-refractivity contribution in [3.05, 3.63) is 35.4 Å². The first-order valence-electron chi connectivity index (χ1n) is 7.18. The fourth-order valence-corrected chi connectivity index (χ4v) is 2.97. The molecule has 0 bridgehead atoms. The molecule has 2 aliphatic heterocycles. The summed E-state index contributed by atoms with van der Waals surface area (Å²) in [4.78, 5) is 12.4. The Labute approximate surface area is 114 Å². The predicted molar refractivity (Wildman–Crippen MR) is 74.5 cm³/mol. The van der Waals surface area contributed by atoms with Gasteiger partial charge in [-0.05, 0) is 24.0 Å². The van der Waals surface area contributed by atoms with E-state index in [0.29, 0.717) is 0 Å². The summed E-state index contributed by atoms with van der Waals surface area (Å²) in [6.45, 7) is 3.56. The van der Waals surface area contributed by atoms with Gasteiger partial charge in [-0.15, -0.1) is 0 Å². The van der Waals surface area contributed by atoms with Gasteiger partial charge in [0.25, 0.3) is 0 Å². The standard InChI is InChI=1S/C15H21N3O/c19-15(17-18-8-4-1-5-9-18)14-11-16-10-12-6-2-3-7-13(12)14/h2-3,6-7,14,16H,1,4-5,8-11H2,(H,17,19). The molecule has 4 heteroatoms. The van der Waals surface area contributed by atoms with Gasteiger partial charge in [-0.2, -0.15) is 0 Å². The molecule has 19 heavy (non-hydrogen) atoms. The highest BCUT2D eigenvalue weighted by Crippen LogP contribution is 2.24. The van der Waals surface area contributed by atoms with Crippen molar-refractivity contribution in [3.63, 3.8) is 0 Å². The summed E-state index contributed by atoms with van der Waals surface area (Å²) in [5.41, 5.74) is 5.50. The van der Waals surface area contributed by atoms with Crippen molar-refractivity contribution >= 4 is 5.91 Å². The Balaban J connectivity index is 1.70. The fraction of sp³-hybridized carbons (Fsp3) is 0.533. The molecule has 1 saturated heterocycles. The van der Waals surface area contributed by atoms with Gasteiger partial charge in [-0.3, -0.25) is 10.2 Å². The molecule has 1 atom stereocenters. The van der Waals surface area contributed by atoms with Crippen LogP contribution >= 0.6 is 0 Å². The zero-order valence-corrected chi connectivity index (χ0v) is 11.2. The smallest absolute Gasteiger partial charge is 0.243 e. The van der Waals surface area contributed by atoms with Crippen LogP contribution in [0, 0.1) is 0 Å². The molecule has 0 aromatic heterocycles. The second kappa shape index (κ2) is 5.72. The molecule has 0 aliphatic carbocycles. The minimum Gasteiger partial charge on any atom is -0.312 e. The van der Waals surface area contributed by atoms with E-state index in [4.69, 9.17) is 0 Å². The van der Waals surface area contributed by atoms with Crippen LogP contribution in [0.2, 0.25) is 0 Å². The highest BCUT2D eigenvalue weighted by Gasteiger charge is 2.27. The van der Waals surface area contributed by atoms with Crippen LogP contribution in [0.5, 0.6) is 0 Å². The van der Waals surface area contributed by atoms with Crippen molar-refractivity contribution in [1.29, 1.82) is 0 Å². The van der Waals surface area contributed by atoms with Crippen LogP contribution in [-0.2, 0) is 11.3 Å². The number of nitrogens with zero attached hydrogens (tertiary/aromatic N) is 1. The van der Waals surface area contributed by atoms with E-state index >= 15 is 0 Å². The van der Waals surface area contributed by atoms with Gasteiger partial charge >= 0.3 is 0 Å². The number of rotatable bonds is 2. The SMILES string of the molecule is O=C(NN1CCCCC1)C1CNCc2ccccc21. The van der Waals surface area contributed by atoms with Gasteiger partial charge in [0.15, 0.2) is 0 Å². The van der Waals surface area contributed by atoms with Crippen molar-refractivity contribution < 1.29 is 4.79 Å². The number of hydrogen-bond donors (Lipinski definition) is 2. The van der Waals surface area contributed by atoms with E-state index in [1.165, 1.54) is 30.4 Å². The minimum absolute atomic E-state index is 0.0631. The molecule has 4 nitrogen and oxygen atoms in total. The molecule has 0 spiro atoms. The van der Waals surface area contributed by atoms with E-state index in [9.17, 15) is 4.79 Å². The van der Waals surface area contributed by atoms with Gasteiger partial charge in [0, 0.05) is 26.2 Å². The van der Waals surface area contributed by atoms with E-state index < -0.39 is 0 Å². The van der Waals surface area contributed by atoms with Gasteiger partial charge in [0.1, 0.15) is 0 Å². The average Bonchev–Trinajstić information content (AvgIpc) is 2.47. The first-order valence-corrected chi connectivity index (χ1v) is 7.18. The zero-order chi connectivity index (χ0) is 13.1. The van der Waals surface area contributed by atoms with Crippen molar-refractivity contribution in [2.45, 2.75) is 31.7 Å². The second-order valence-electron chi connectivity index (χ2n) is 5.41. The van der Waals surface area contributed by atoms with Crippen molar-refractivity contribution in [1.82, 2.24) is 15.8 Å². The summed E-state index contributed by atoms with van der Waals surface area (Å²) in [5, 5.41) is 5.40. The lowest BCUT2D eigenvalue weighted by atomic mass is 9.90. The highest BCUT2D eigenvalue weighted by atomic mass is 16.2. The lowest BCUT2D eigenvalue weighted by Crippen LogP contribution is -2.49. The van der Waals surface area contributed by atoms with Crippen LogP contribution in [0.3, 0.4) is 0 Å². The van der Waals surface area contributed by atoms with Crippen LogP contribution in [0.15, 0.2) is 24.3 Å². The first kappa shape index (κ1) is 12.6. The summed E-state index contributed by atoms with van der Waals surface area (Å²) in [7, 11) is 0. The maximum atomic E-state index is 12.4. The minimum atomic E-state index is -0.0631. The number of fused-ring (bicyclic) bond motifs is 1. The van der Waals surface area contributed by atoms with Gasteiger partial charge in [-0.1, -0.05) is 30.7 Å². The molecule has 2 aliphatic rings. The normalized spacial score (nSPS) is 23.7. The van der Waals surface area contributed by atoms with Crippen molar-refractivity contribution in [2.75, 3.05) is 19.6 Å². The molecule has 1 aromatic rings. The molecule has 0 radical (unpaired) electrons. The molecule has 1 fully saturated rings. The van der Waals surface area contributed by atoms with Crippen molar-refractivity contribution in [2.24, 2.45) is 0 Å². The van der Waals surface area contributed by atoms with Gasteiger partial charge in [0.05, 0.1) is 5.92 Å². The highest BCUT2D eigenvalue weighted by molar-refractivity contribution is 5.84. The lowest BCUT2D eigenvalue weighted by Gasteiger charge is -2.31. The maximum Gasteiger partial charge on any atom is 0.243 e. The monoisotopic (exact) mass is 259 g/mol. The zero-order valence-electron chi connectivity index (χ0n) is 11.2. The molecule has 3 rings (SSSR count). The molecular weight excluding hydrogens is 238 g/mol. The van der Waals surface area contributed by atoms with Crippen molar-refractivity contribution in [3.8, 4) is 0 Å². The first-order chi connectivity index (χ1) is 9.34. The Morgan fingerprint density at radius 2 is 2.00 bits per heavy atom. The molecule has 0 saturated carbocycles. The van der Waals surface area contributed by atoms with Crippen LogP contribution in [0.4, 0.5) is 0 Å². The van der Waals surface area contributed by atoms with Gasteiger partial charge in [-0.25, -0.2) is 5.01 Å². The summed E-state index contributed by atoms with van der Waals surface area (Å²) in [6, 6.07) is 8.23. The van der Waals surface area contributed by atoms with Crippen LogP contribution < -0.4 is 10.7 Å². The van der Waals surface area contributed by atoms with E-state index in [-0.39, 0.29) is 11.8 Å². The summed E-state index contributed by atoms with van der Waals surface area (Å²) in [5.74, 6) is 0.0634. The number of hydrogen-bond acceptors (Lipinski definition) is 3. The third-order valence-electron chi connectivity index (χ3n) is 4.04. The second-order valence-corrected chi connectivity index (χ2v) is 5.41. The van der Waals surface area contributed by atoms with Crippen LogP contribution in [0.1, 0.15) is 36.3 Å². The average molecular weight is 259 g/mol. The Morgan fingerprint density at radius 3 is 2.84 bits per heavy atom. The molecule has 102 valence electrons. The van der Waals surface area contributed by atoms with Gasteiger partial charge in [0.2, 0.25) is 5.91 Å². The van der Waals surface area contributed by atoms with E-state index in [2.05, 4.69) is 27.9 Å². The molecular formula is C15H21N3O. The number of carbonyl (C=O) groups excluding carboxylic acids is 1. The summed E-state index contributed by atoms with van der Waals surface area (Å²) < 4.78 is 0. The Kier molecular flexibility index (Phi) is 3.80. The number of nitrogens with one attached hydrogen (secondary N) is 2. The molecule has 1 unspecified atom stereocenters. The quantitative estimate of drug-likeness (QED) is 0.843. The van der Waals surface area contributed by atoms with Crippen LogP contribution in [-0.4, -0.2) is 30.6 Å². The maximum absolute atomic E-state index is 12.4. The van der Waals surface area contributed by atoms with E-state index in [1.807, 2.05) is 12.1 Å². The number of hydrazine groups is 1. The largest absolute Gasteiger partial charge is 0.312 e. The number of piperidine rings is 1. The lowest BCUT2D eigenvalue weighted by molar-refractivity contribution is -0.128. The third-order valence-corrected chi connectivity index (χ3v) is 4.04. The van der Waals surface area contributed by atoms with Crippen LogP contribution in [0.25, 0.3) is 0 Å². The molecule has 2 N–H and O–H groups in total. The summed E-state index contributed by atoms with van der Waals surface area (Å²) in [6.07, 6.45) is 3.64. The Hall–Kier alpha value is -1.39. The number of carbonyl (C=O) groups is 1. The fourth-order valence-electron chi connectivity index (χ4n) is 2.97.